The summed E-state index contributed by atoms with van der Waals surface area (Å²) < 4.78 is 17.7. The van der Waals surface area contributed by atoms with Crippen LogP contribution in [0.1, 0.15) is 98.4 Å². The van der Waals surface area contributed by atoms with E-state index in [9.17, 15) is 24.3 Å². The minimum Gasteiger partial charge on any atom is -0.478 e. The van der Waals surface area contributed by atoms with Crippen molar-refractivity contribution in [1.29, 1.82) is 0 Å². The van der Waals surface area contributed by atoms with E-state index in [1.807, 2.05) is 78.0 Å². The molecule has 2 aromatic heterocycles. The Morgan fingerprint density at radius 2 is 1.01 bits per heavy atom. The Morgan fingerprint density at radius 3 is 1.39 bits per heavy atom. The molecule has 2 atom stereocenters. The van der Waals surface area contributed by atoms with Crippen molar-refractivity contribution in [1.82, 2.24) is 29.6 Å². The van der Waals surface area contributed by atoms with Gasteiger partial charge in [-0.3, -0.25) is 19.8 Å². The van der Waals surface area contributed by atoms with Crippen LogP contribution in [-0.4, -0.2) is 129 Å². The second-order valence-electron chi connectivity index (χ2n) is 18.4. The number of hydrogen-bond donors (Lipinski definition) is 1. The number of pyridine rings is 2. The first-order valence-electron chi connectivity index (χ1n) is 21.7. The number of halogens is 4. The van der Waals surface area contributed by atoms with Gasteiger partial charge in [-0.1, -0.05) is 35.3 Å². The fourth-order valence-electron chi connectivity index (χ4n) is 8.55. The zero-order valence-corrected chi connectivity index (χ0v) is 42.9. The van der Waals surface area contributed by atoms with Gasteiger partial charge in [0.05, 0.1) is 41.7 Å². The van der Waals surface area contributed by atoms with E-state index in [1.54, 1.807) is 46.5 Å². The lowest BCUT2D eigenvalue weighted by atomic mass is 9.93. The fourth-order valence-corrected chi connectivity index (χ4v) is 9.60. The van der Waals surface area contributed by atoms with E-state index in [1.165, 1.54) is 7.11 Å². The minimum atomic E-state index is -1.03. The lowest BCUT2D eigenvalue weighted by molar-refractivity contribution is -0.133. The molecule has 2 fully saturated rings. The molecule has 2 unspecified atom stereocenters. The van der Waals surface area contributed by atoms with Gasteiger partial charge < -0.3 is 29.1 Å². The van der Waals surface area contributed by atoms with Gasteiger partial charge in [-0.05, 0) is 155 Å². The predicted octanol–water partition coefficient (Wildman–Crippen LogP) is 10.2. The molecule has 67 heavy (non-hydrogen) atoms. The molecule has 1 N–H and O–H groups in total. The standard InChI is InChI=1S/C25H27BrClN3O4.C24H25BrClN3O4/c1-25(2,3)34-24(32)30-9-7-29(8-10-30)22-18-6-5-17(27)13-19(18)20(23(31)33-4)12-15-11-16(26)14-28-21(15)22;1-24(2,3)33-23(32)29-8-6-28(7-9-29)21-17-5-4-16(26)12-18(17)19(22(30)31)11-14-10-15(25)13-27-20(14)21/h5-6,11-14,22H,7-10H2,1-4H3;4-5,10-13,21H,6-9H2,1-3H3,(H,30,31). The number of amides is 2. The number of carboxylic acid groups (broad SMARTS) is 1. The number of nitrogens with zero attached hydrogens (tertiary/aromatic N) is 6. The van der Waals surface area contributed by atoms with E-state index in [4.69, 9.17) is 42.4 Å². The monoisotopic (exact) mass is 1080 g/mol. The van der Waals surface area contributed by atoms with E-state index in [-0.39, 0.29) is 29.8 Å². The summed E-state index contributed by atoms with van der Waals surface area (Å²) in [6.45, 7) is 15.6. The molecule has 2 aromatic carbocycles. The number of aromatic nitrogens is 2. The van der Waals surface area contributed by atoms with Gasteiger partial charge in [-0.25, -0.2) is 19.2 Å². The maximum absolute atomic E-state index is 12.8. The van der Waals surface area contributed by atoms with Gasteiger partial charge in [-0.15, -0.1) is 0 Å². The van der Waals surface area contributed by atoms with Crippen LogP contribution in [0.2, 0.25) is 10.0 Å². The molecule has 0 bridgehead atoms. The first-order valence-corrected chi connectivity index (χ1v) is 24.0. The van der Waals surface area contributed by atoms with Crippen LogP contribution < -0.4 is 0 Å². The number of carboxylic acids is 1. The molecule has 2 saturated heterocycles. The lowest BCUT2D eigenvalue weighted by Gasteiger charge is -2.40. The van der Waals surface area contributed by atoms with Crippen molar-refractivity contribution >= 4 is 102 Å². The first kappa shape index (κ1) is 50.0. The van der Waals surface area contributed by atoms with Crippen LogP contribution in [0.4, 0.5) is 9.59 Å². The molecule has 0 spiro atoms. The number of carbonyl (C=O) groups excluding carboxylic acids is 3. The Balaban J connectivity index is 0.000000199. The average molecular weight is 1080 g/mol. The topological polar surface area (TPSA) is 155 Å². The summed E-state index contributed by atoms with van der Waals surface area (Å²) in [5.74, 6) is -1.47. The van der Waals surface area contributed by atoms with Crippen molar-refractivity contribution < 1.29 is 38.5 Å². The highest BCUT2D eigenvalue weighted by Gasteiger charge is 2.38. The van der Waals surface area contributed by atoms with Crippen LogP contribution in [0.3, 0.4) is 0 Å². The Labute approximate surface area is 417 Å². The SMILES string of the molecule is CC(C)(C)OC(=O)N1CCN(C2c3ccc(Cl)cc3C(C(=O)O)=Cc3cc(Br)cnc32)CC1.COC(=O)C1=Cc2cc(Br)cnc2C(N2CCN(C(=O)OC(C)(C)C)CC2)c2ccc(Cl)cc21. The van der Waals surface area contributed by atoms with Crippen LogP contribution in [-0.2, 0) is 23.8 Å². The summed E-state index contributed by atoms with van der Waals surface area (Å²) in [5, 5.41) is 11.0. The van der Waals surface area contributed by atoms with Crippen molar-refractivity contribution in [3.63, 3.8) is 0 Å². The van der Waals surface area contributed by atoms with Crippen LogP contribution >= 0.6 is 55.1 Å². The number of aliphatic carboxylic acids is 1. The van der Waals surface area contributed by atoms with Crippen LogP contribution in [0.5, 0.6) is 0 Å². The van der Waals surface area contributed by atoms with E-state index >= 15 is 0 Å². The predicted molar refractivity (Wildman–Crippen MR) is 265 cm³/mol. The van der Waals surface area contributed by atoms with Crippen molar-refractivity contribution in [2.24, 2.45) is 0 Å². The van der Waals surface area contributed by atoms with Crippen LogP contribution in [0, 0.1) is 0 Å². The largest absolute Gasteiger partial charge is 0.478 e. The Morgan fingerprint density at radius 1 is 0.627 bits per heavy atom. The Kier molecular flexibility index (Phi) is 15.2. The first-order chi connectivity index (χ1) is 31.6. The highest BCUT2D eigenvalue weighted by Crippen LogP contribution is 2.43. The van der Waals surface area contributed by atoms with Crippen molar-refractivity contribution in [2.75, 3.05) is 59.5 Å². The summed E-state index contributed by atoms with van der Waals surface area (Å²) >= 11 is 19.6. The summed E-state index contributed by atoms with van der Waals surface area (Å²) in [7, 11) is 1.37. The van der Waals surface area contributed by atoms with Crippen LogP contribution in [0.15, 0.2) is 69.9 Å². The molecule has 2 aliphatic carbocycles. The number of methoxy groups -OCH3 is 1. The summed E-state index contributed by atoms with van der Waals surface area (Å²) in [6, 6.07) is 14.2. The highest BCUT2D eigenvalue weighted by atomic mass is 79.9. The van der Waals surface area contributed by atoms with Gasteiger partial charge in [0, 0.05) is 83.7 Å². The summed E-state index contributed by atoms with van der Waals surface area (Å²) in [4.78, 5) is 67.4. The van der Waals surface area contributed by atoms with E-state index in [0.29, 0.717) is 79.1 Å². The molecule has 2 aliphatic heterocycles. The number of benzene rings is 2. The third-order valence-electron chi connectivity index (χ3n) is 11.4. The maximum Gasteiger partial charge on any atom is 0.410 e. The smallest absolute Gasteiger partial charge is 0.410 e. The lowest BCUT2D eigenvalue weighted by Crippen LogP contribution is -2.51. The summed E-state index contributed by atoms with van der Waals surface area (Å²) in [5.41, 5.74) is 5.68. The van der Waals surface area contributed by atoms with Gasteiger partial charge in [0.2, 0.25) is 0 Å². The summed E-state index contributed by atoms with van der Waals surface area (Å²) in [6.07, 6.45) is 6.31. The molecular formula is C49H52Br2Cl2N6O8. The number of hydrogen-bond acceptors (Lipinski definition) is 11. The van der Waals surface area contributed by atoms with E-state index in [0.717, 1.165) is 42.6 Å². The number of rotatable bonds is 4. The molecule has 354 valence electrons. The normalized spacial score (nSPS) is 18.5. The molecule has 4 aromatic rings. The fraction of sp³-hybridized carbons (Fsp3) is 0.388. The Bertz CT molecular complexity index is 2650. The zero-order valence-electron chi connectivity index (χ0n) is 38.2. The average Bonchev–Trinajstić information content (AvgIpc) is 3.49. The number of esters is 1. The van der Waals surface area contributed by atoms with Crippen molar-refractivity contribution in [3.8, 4) is 0 Å². The molecule has 18 heteroatoms. The van der Waals surface area contributed by atoms with Gasteiger partial charge in [0.15, 0.2) is 0 Å². The maximum atomic E-state index is 12.8. The van der Waals surface area contributed by atoms with Gasteiger partial charge in [-0.2, -0.15) is 0 Å². The van der Waals surface area contributed by atoms with Gasteiger partial charge in [0.1, 0.15) is 11.2 Å². The molecule has 14 nitrogen and oxygen atoms in total. The number of carbonyl (C=O) groups is 4. The van der Waals surface area contributed by atoms with Gasteiger partial charge in [0.25, 0.3) is 0 Å². The van der Waals surface area contributed by atoms with Crippen molar-refractivity contribution in [3.05, 3.63) is 125 Å². The molecule has 0 saturated carbocycles. The third kappa shape index (κ3) is 11.7. The molecule has 2 amide bonds. The Hall–Kier alpha value is -4.84. The molecule has 8 rings (SSSR count). The van der Waals surface area contributed by atoms with Crippen molar-refractivity contribution in [2.45, 2.75) is 64.8 Å². The second-order valence-corrected chi connectivity index (χ2v) is 21.1. The highest BCUT2D eigenvalue weighted by molar-refractivity contribution is 9.10. The van der Waals surface area contributed by atoms with E-state index in [2.05, 4.69) is 46.6 Å². The molecular weight excluding hydrogens is 1030 g/mol. The third-order valence-corrected chi connectivity index (χ3v) is 12.8. The minimum absolute atomic E-state index is 0.170. The molecule has 4 heterocycles. The van der Waals surface area contributed by atoms with Gasteiger partial charge >= 0.3 is 24.1 Å². The quantitative estimate of drug-likeness (QED) is 0.153. The van der Waals surface area contributed by atoms with Crippen LogP contribution in [0.25, 0.3) is 23.3 Å². The second kappa shape index (κ2) is 20.4. The molecule has 0 radical (unpaired) electrons. The number of ether oxygens (including phenoxy) is 3. The van der Waals surface area contributed by atoms with E-state index < -0.39 is 23.1 Å². The zero-order chi connectivity index (χ0) is 48.5. The molecule has 4 aliphatic rings. The number of fused-ring (bicyclic) bond motifs is 4. The number of piperazine rings is 2.